The first kappa shape index (κ1) is 23.1. The van der Waals surface area contributed by atoms with Gasteiger partial charge in [0.2, 0.25) is 5.92 Å². The predicted molar refractivity (Wildman–Crippen MR) is 88.2 cm³/mol. The van der Waals surface area contributed by atoms with Gasteiger partial charge in [-0.25, -0.2) is 13.2 Å². The lowest BCUT2D eigenvalue weighted by atomic mass is 9.88. The molecule has 4 heteroatoms. The smallest absolute Gasteiger partial charge is 0.248 e. The van der Waals surface area contributed by atoms with Gasteiger partial charge < -0.3 is 4.74 Å². The van der Waals surface area contributed by atoms with E-state index in [9.17, 15) is 13.2 Å². The summed E-state index contributed by atoms with van der Waals surface area (Å²) in [7, 11) is 1.51. The van der Waals surface area contributed by atoms with E-state index in [1.807, 2.05) is 34.6 Å². The molecule has 0 heterocycles. The largest absolute Gasteiger partial charge is 0.497 e. The summed E-state index contributed by atoms with van der Waals surface area (Å²) in [6.07, 6.45) is 1.90. The molecule has 0 saturated heterocycles. The minimum absolute atomic E-state index is 0.104. The molecule has 0 spiro atoms. The van der Waals surface area contributed by atoms with Crippen LogP contribution in [-0.2, 0) is 0 Å². The number of methoxy groups -OCH3 is 1. The topological polar surface area (TPSA) is 9.23 Å². The highest BCUT2D eigenvalue weighted by Crippen LogP contribution is 2.35. The zero-order valence-corrected chi connectivity index (χ0v) is 14.8. The highest BCUT2D eigenvalue weighted by molar-refractivity contribution is 5.21. The lowest BCUT2D eigenvalue weighted by Crippen LogP contribution is -2.24. The Hall–Kier alpha value is -1.19. The van der Waals surface area contributed by atoms with Gasteiger partial charge in [-0.1, -0.05) is 47.1 Å². The SMILES string of the molecule is CC.CC.CC1CCCC(F)(F)C1.COc1cccc(F)c1. The number of ether oxygens (including phenoxy) is 1. The zero-order chi connectivity index (χ0) is 17.6. The molecule has 1 nitrogen and oxygen atoms in total. The Morgan fingerprint density at radius 3 is 2.05 bits per heavy atom. The average Bonchev–Trinajstić information content (AvgIpc) is 2.50. The van der Waals surface area contributed by atoms with E-state index < -0.39 is 5.92 Å². The molecule has 0 aliphatic heterocycles. The van der Waals surface area contributed by atoms with Crippen molar-refractivity contribution in [1.29, 1.82) is 0 Å². The van der Waals surface area contributed by atoms with Crippen LogP contribution in [0.5, 0.6) is 5.75 Å². The molecule has 1 atom stereocenters. The quantitative estimate of drug-likeness (QED) is 0.558. The maximum Gasteiger partial charge on any atom is 0.248 e. The molecular formula is C18H31F3O. The molecule has 0 amide bonds. The number of alkyl halides is 2. The van der Waals surface area contributed by atoms with Crippen LogP contribution in [0.3, 0.4) is 0 Å². The zero-order valence-electron chi connectivity index (χ0n) is 14.8. The van der Waals surface area contributed by atoms with Crippen molar-refractivity contribution in [2.24, 2.45) is 5.92 Å². The minimum Gasteiger partial charge on any atom is -0.497 e. The molecule has 0 aromatic heterocycles. The molecule has 1 fully saturated rings. The van der Waals surface area contributed by atoms with Gasteiger partial charge >= 0.3 is 0 Å². The molecule has 0 N–H and O–H groups in total. The van der Waals surface area contributed by atoms with Crippen LogP contribution in [0.4, 0.5) is 13.2 Å². The fourth-order valence-electron chi connectivity index (χ4n) is 2.02. The number of hydrogen-bond donors (Lipinski definition) is 0. The van der Waals surface area contributed by atoms with Crippen molar-refractivity contribution in [2.45, 2.75) is 66.2 Å². The van der Waals surface area contributed by atoms with Gasteiger partial charge in [0.05, 0.1) is 7.11 Å². The number of benzene rings is 1. The first-order chi connectivity index (χ1) is 10.4. The van der Waals surface area contributed by atoms with Crippen LogP contribution < -0.4 is 4.74 Å². The summed E-state index contributed by atoms with van der Waals surface area (Å²) in [5, 5.41) is 0. The molecule has 1 aliphatic rings. The van der Waals surface area contributed by atoms with E-state index in [1.54, 1.807) is 12.1 Å². The summed E-state index contributed by atoms with van der Waals surface area (Å²) in [5.41, 5.74) is 0. The molecular weight excluding hydrogens is 289 g/mol. The molecule has 1 unspecified atom stereocenters. The summed E-state index contributed by atoms with van der Waals surface area (Å²) in [4.78, 5) is 0. The normalized spacial score (nSPS) is 18.3. The van der Waals surface area contributed by atoms with Crippen molar-refractivity contribution >= 4 is 0 Å². The number of rotatable bonds is 1. The van der Waals surface area contributed by atoms with E-state index in [0.29, 0.717) is 12.2 Å². The first-order valence-electron chi connectivity index (χ1n) is 8.10. The lowest BCUT2D eigenvalue weighted by molar-refractivity contribution is -0.0494. The molecule has 130 valence electrons. The summed E-state index contributed by atoms with van der Waals surface area (Å²) >= 11 is 0. The second-order valence-electron chi connectivity index (χ2n) is 4.72. The maximum atomic E-state index is 12.5. The second kappa shape index (κ2) is 13.5. The summed E-state index contributed by atoms with van der Waals surface area (Å²) in [6, 6.07) is 6.01. The van der Waals surface area contributed by atoms with Gasteiger partial charge in [-0.2, -0.15) is 0 Å². The monoisotopic (exact) mass is 320 g/mol. The van der Waals surface area contributed by atoms with Gasteiger partial charge in [0.25, 0.3) is 0 Å². The lowest BCUT2D eigenvalue weighted by Gasteiger charge is -2.25. The molecule has 1 aromatic carbocycles. The molecule has 2 rings (SSSR count). The van der Waals surface area contributed by atoms with E-state index >= 15 is 0 Å². The van der Waals surface area contributed by atoms with E-state index in [1.165, 1.54) is 19.2 Å². The summed E-state index contributed by atoms with van der Waals surface area (Å²) < 4.78 is 41.9. The third kappa shape index (κ3) is 11.5. The van der Waals surface area contributed by atoms with Gasteiger partial charge in [-0.15, -0.1) is 0 Å². The summed E-state index contributed by atoms with van der Waals surface area (Å²) in [5.74, 6) is -1.84. The Morgan fingerprint density at radius 1 is 1.14 bits per heavy atom. The van der Waals surface area contributed by atoms with Crippen molar-refractivity contribution in [3.8, 4) is 5.75 Å². The molecule has 0 bridgehead atoms. The van der Waals surface area contributed by atoms with E-state index in [0.717, 1.165) is 6.42 Å². The maximum absolute atomic E-state index is 12.5. The van der Waals surface area contributed by atoms with Crippen LogP contribution in [0.1, 0.15) is 60.3 Å². The Bertz CT molecular complexity index is 367. The predicted octanol–water partition coefficient (Wildman–Crippen LogP) is 6.72. The molecule has 1 aliphatic carbocycles. The highest BCUT2D eigenvalue weighted by Gasteiger charge is 2.33. The number of hydrogen-bond acceptors (Lipinski definition) is 1. The van der Waals surface area contributed by atoms with E-state index in [-0.39, 0.29) is 24.6 Å². The van der Waals surface area contributed by atoms with Crippen LogP contribution in [0.2, 0.25) is 0 Å². The van der Waals surface area contributed by atoms with Gasteiger partial charge in [-0.3, -0.25) is 0 Å². The van der Waals surface area contributed by atoms with E-state index in [2.05, 4.69) is 0 Å². The third-order valence-electron chi connectivity index (χ3n) is 2.92. The van der Waals surface area contributed by atoms with Gasteiger partial charge in [0.1, 0.15) is 11.6 Å². The van der Waals surface area contributed by atoms with Crippen molar-refractivity contribution in [2.75, 3.05) is 7.11 Å². The van der Waals surface area contributed by atoms with Crippen LogP contribution in [-0.4, -0.2) is 13.0 Å². The fraction of sp³-hybridized carbons (Fsp3) is 0.667. The van der Waals surface area contributed by atoms with Gasteiger partial charge in [0.15, 0.2) is 0 Å². The van der Waals surface area contributed by atoms with Crippen LogP contribution >= 0.6 is 0 Å². The van der Waals surface area contributed by atoms with Gasteiger partial charge in [-0.05, 0) is 24.5 Å². The average molecular weight is 320 g/mol. The standard InChI is InChI=1S/C7H12F2.C7H7FO.2C2H6/c1-6-3-2-4-7(8,9)5-6;1-9-7-4-2-3-6(8)5-7;2*1-2/h6H,2-5H2,1H3;2-5H,1H3;2*1-2H3. The van der Waals surface area contributed by atoms with Crippen molar-refractivity contribution in [3.63, 3.8) is 0 Å². The molecule has 0 radical (unpaired) electrons. The van der Waals surface area contributed by atoms with Crippen molar-refractivity contribution < 1.29 is 17.9 Å². The van der Waals surface area contributed by atoms with Crippen LogP contribution in [0.25, 0.3) is 0 Å². The minimum atomic E-state index is -2.35. The van der Waals surface area contributed by atoms with Crippen molar-refractivity contribution in [1.82, 2.24) is 0 Å². The number of halogens is 3. The van der Waals surface area contributed by atoms with Crippen molar-refractivity contribution in [3.05, 3.63) is 30.1 Å². The Kier molecular flexibility index (Phi) is 14.1. The first-order valence-corrected chi connectivity index (χ1v) is 8.10. The highest BCUT2D eigenvalue weighted by atomic mass is 19.3. The van der Waals surface area contributed by atoms with Gasteiger partial charge in [0, 0.05) is 18.9 Å². The Balaban J connectivity index is 0. The van der Waals surface area contributed by atoms with Crippen LogP contribution in [0.15, 0.2) is 24.3 Å². The van der Waals surface area contributed by atoms with E-state index in [4.69, 9.17) is 4.74 Å². The second-order valence-corrected chi connectivity index (χ2v) is 4.72. The molecule has 1 saturated carbocycles. The summed E-state index contributed by atoms with van der Waals surface area (Å²) in [6.45, 7) is 9.90. The molecule has 22 heavy (non-hydrogen) atoms. The Labute approximate surface area is 133 Å². The Morgan fingerprint density at radius 2 is 1.73 bits per heavy atom. The third-order valence-corrected chi connectivity index (χ3v) is 2.92. The van der Waals surface area contributed by atoms with Crippen LogP contribution in [0, 0.1) is 11.7 Å². The molecule has 1 aromatic rings. The fourth-order valence-corrected chi connectivity index (χ4v) is 2.02.